The molecule has 0 saturated carbocycles. The van der Waals surface area contributed by atoms with Gasteiger partial charge in [-0.1, -0.05) is 0 Å². The monoisotopic (exact) mass is 344 g/mol. The standard InChI is InChI=1S/C15H16N6O2S/c1-9-4-5-11(18-14-17-10(2)8-24-14)13(16-9)23-15(22)19-12-6-7-21(3)20-12/h4-8H,1-3H3,(H,17,18)(H,19,20,22). The van der Waals surface area contributed by atoms with Gasteiger partial charge in [0.1, 0.15) is 5.69 Å². The molecule has 0 bridgehead atoms. The first-order valence-electron chi connectivity index (χ1n) is 7.15. The van der Waals surface area contributed by atoms with Gasteiger partial charge in [0.15, 0.2) is 10.9 Å². The summed E-state index contributed by atoms with van der Waals surface area (Å²) in [5.41, 5.74) is 2.21. The Kier molecular flexibility index (Phi) is 4.43. The fourth-order valence-electron chi connectivity index (χ4n) is 1.93. The van der Waals surface area contributed by atoms with Crippen LogP contribution in [0.3, 0.4) is 0 Å². The van der Waals surface area contributed by atoms with E-state index >= 15 is 0 Å². The number of carbonyl (C=O) groups is 1. The summed E-state index contributed by atoms with van der Waals surface area (Å²) < 4.78 is 6.90. The third kappa shape index (κ3) is 3.87. The lowest BCUT2D eigenvalue weighted by Crippen LogP contribution is -2.18. The summed E-state index contributed by atoms with van der Waals surface area (Å²) in [5.74, 6) is 0.580. The molecule has 0 aromatic carbocycles. The number of amides is 1. The minimum atomic E-state index is -0.662. The number of rotatable bonds is 4. The van der Waals surface area contributed by atoms with Crippen LogP contribution in [0.15, 0.2) is 29.8 Å². The van der Waals surface area contributed by atoms with E-state index in [1.54, 1.807) is 30.1 Å². The Morgan fingerprint density at radius 3 is 2.71 bits per heavy atom. The van der Waals surface area contributed by atoms with Crippen molar-refractivity contribution in [2.24, 2.45) is 7.05 Å². The highest BCUT2D eigenvalue weighted by atomic mass is 32.1. The zero-order valence-electron chi connectivity index (χ0n) is 13.4. The van der Waals surface area contributed by atoms with Crippen LogP contribution in [0.4, 0.5) is 21.4 Å². The van der Waals surface area contributed by atoms with E-state index in [-0.39, 0.29) is 5.88 Å². The molecule has 2 N–H and O–H groups in total. The van der Waals surface area contributed by atoms with Crippen molar-refractivity contribution >= 4 is 34.1 Å². The van der Waals surface area contributed by atoms with E-state index in [9.17, 15) is 4.79 Å². The van der Waals surface area contributed by atoms with Crippen molar-refractivity contribution in [1.29, 1.82) is 0 Å². The molecule has 0 aliphatic heterocycles. The van der Waals surface area contributed by atoms with Crippen molar-refractivity contribution in [1.82, 2.24) is 19.7 Å². The second-order valence-electron chi connectivity index (χ2n) is 5.11. The van der Waals surface area contributed by atoms with Gasteiger partial charge in [-0.05, 0) is 26.0 Å². The topological polar surface area (TPSA) is 94.0 Å². The van der Waals surface area contributed by atoms with Crippen LogP contribution in [0, 0.1) is 13.8 Å². The summed E-state index contributed by atoms with van der Waals surface area (Å²) in [6.45, 7) is 3.73. The van der Waals surface area contributed by atoms with E-state index in [2.05, 4.69) is 25.7 Å². The number of ether oxygens (including phenoxy) is 1. The van der Waals surface area contributed by atoms with Crippen molar-refractivity contribution in [3.63, 3.8) is 0 Å². The normalized spacial score (nSPS) is 10.5. The minimum Gasteiger partial charge on any atom is -0.389 e. The van der Waals surface area contributed by atoms with Crippen molar-refractivity contribution in [3.8, 4) is 5.88 Å². The van der Waals surface area contributed by atoms with Crippen LogP contribution in [-0.4, -0.2) is 25.8 Å². The van der Waals surface area contributed by atoms with E-state index in [0.717, 1.165) is 11.4 Å². The Hall–Kier alpha value is -2.94. The second kappa shape index (κ2) is 6.67. The number of aryl methyl sites for hydroxylation is 3. The first-order valence-corrected chi connectivity index (χ1v) is 8.03. The number of hydrogen-bond acceptors (Lipinski definition) is 7. The summed E-state index contributed by atoms with van der Waals surface area (Å²) >= 11 is 1.46. The van der Waals surface area contributed by atoms with Gasteiger partial charge in [0.25, 0.3) is 0 Å². The van der Waals surface area contributed by atoms with Gasteiger partial charge in [0.2, 0.25) is 5.88 Å². The fourth-order valence-corrected chi connectivity index (χ4v) is 2.63. The van der Waals surface area contributed by atoms with Crippen LogP contribution in [0.2, 0.25) is 0 Å². The second-order valence-corrected chi connectivity index (χ2v) is 5.97. The smallest absolute Gasteiger partial charge is 0.389 e. The van der Waals surface area contributed by atoms with Gasteiger partial charge in [-0.3, -0.25) is 10.00 Å². The maximum Gasteiger partial charge on any atom is 0.419 e. The number of pyridine rings is 1. The van der Waals surface area contributed by atoms with Crippen LogP contribution in [0.5, 0.6) is 5.88 Å². The van der Waals surface area contributed by atoms with Gasteiger partial charge >= 0.3 is 6.09 Å². The summed E-state index contributed by atoms with van der Waals surface area (Å²) in [4.78, 5) is 20.6. The molecule has 124 valence electrons. The minimum absolute atomic E-state index is 0.177. The van der Waals surface area contributed by atoms with Crippen LogP contribution >= 0.6 is 11.3 Å². The lowest BCUT2D eigenvalue weighted by Gasteiger charge is -2.10. The van der Waals surface area contributed by atoms with Gasteiger partial charge in [-0.25, -0.2) is 14.8 Å². The van der Waals surface area contributed by atoms with Gasteiger partial charge in [0.05, 0.1) is 5.69 Å². The van der Waals surface area contributed by atoms with Gasteiger partial charge < -0.3 is 10.1 Å². The van der Waals surface area contributed by atoms with Crippen molar-refractivity contribution < 1.29 is 9.53 Å². The molecular weight excluding hydrogens is 328 g/mol. The molecule has 8 nitrogen and oxygen atoms in total. The van der Waals surface area contributed by atoms with E-state index in [4.69, 9.17) is 4.74 Å². The van der Waals surface area contributed by atoms with Crippen molar-refractivity contribution in [3.05, 3.63) is 41.2 Å². The molecule has 1 amide bonds. The molecular formula is C15H16N6O2S. The highest BCUT2D eigenvalue weighted by molar-refractivity contribution is 7.13. The number of nitrogens with one attached hydrogen (secondary N) is 2. The molecule has 0 fully saturated rings. The first kappa shape index (κ1) is 15.9. The molecule has 0 spiro atoms. The number of carbonyl (C=O) groups excluding carboxylic acids is 1. The molecule has 0 aliphatic rings. The number of hydrogen-bond donors (Lipinski definition) is 2. The molecule has 9 heteroatoms. The largest absolute Gasteiger partial charge is 0.419 e. The predicted molar refractivity (Wildman–Crippen MR) is 92.0 cm³/mol. The molecule has 3 heterocycles. The Balaban J connectivity index is 1.76. The van der Waals surface area contributed by atoms with Gasteiger partial charge in [-0.15, -0.1) is 11.3 Å². The quantitative estimate of drug-likeness (QED) is 0.754. The highest BCUT2D eigenvalue weighted by Gasteiger charge is 2.14. The van der Waals surface area contributed by atoms with Crippen molar-refractivity contribution in [2.75, 3.05) is 10.6 Å². The van der Waals surface area contributed by atoms with Crippen LogP contribution in [0.1, 0.15) is 11.4 Å². The highest BCUT2D eigenvalue weighted by Crippen LogP contribution is 2.28. The SMILES string of the molecule is Cc1csc(Nc2ccc(C)nc2OC(=O)Nc2ccn(C)n2)n1. The zero-order valence-corrected chi connectivity index (χ0v) is 14.2. The number of anilines is 3. The third-order valence-electron chi connectivity index (χ3n) is 2.99. The molecule has 3 aromatic rings. The molecule has 24 heavy (non-hydrogen) atoms. The molecule has 0 aliphatic carbocycles. The molecule has 0 saturated heterocycles. The van der Waals surface area contributed by atoms with Crippen LogP contribution in [-0.2, 0) is 7.05 Å². The molecule has 3 rings (SSSR count). The average molecular weight is 344 g/mol. The predicted octanol–water partition coefficient (Wildman–Crippen LogP) is 3.24. The lowest BCUT2D eigenvalue weighted by atomic mass is 10.3. The summed E-state index contributed by atoms with van der Waals surface area (Å²) in [5, 5.41) is 12.4. The molecule has 0 radical (unpaired) electrons. The summed E-state index contributed by atoms with van der Waals surface area (Å²) in [6, 6.07) is 5.29. The van der Waals surface area contributed by atoms with E-state index in [1.165, 1.54) is 11.3 Å². The molecule has 3 aromatic heterocycles. The summed E-state index contributed by atoms with van der Waals surface area (Å²) in [7, 11) is 1.76. The average Bonchev–Trinajstić information content (AvgIpc) is 3.10. The lowest BCUT2D eigenvalue weighted by molar-refractivity contribution is 0.213. The fraction of sp³-hybridized carbons (Fsp3) is 0.200. The van der Waals surface area contributed by atoms with E-state index in [0.29, 0.717) is 16.6 Å². The van der Waals surface area contributed by atoms with Crippen LogP contribution in [0.25, 0.3) is 0 Å². The van der Waals surface area contributed by atoms with E-state index in [1.807, 2.05) is 25.3 Å². The Bertz CT molecular complexity index is 872. The summed E-state index contributed by atoms with van der Waals surface area (Å²) in [6.07, 6.45) is 1.06. The number of aromatic nitrogens is 4. The van der Waals surface area contributed by atoms with Gasteiger partial charge in [0, 0.05) is 30.4 Å². The maximum absolute atomic E-state index is 12.0. The van der Waals surface area contributed by atoms with Gasteiger partial charge in [-0.2, -0.15) is 5.10 Å². The van der Waals surface area contributed by atoms with E-state index < -0.39 is 6.09 Å². The Morgan fingerprint density at radius 2 is 2.04 bits per heavy atom. The van der Waals surface area contributed by atoms with Crippen molar-refractivity contribution in [2.45, 2.75) is 13.8 Å². The Labute approximate surface area is 142 Å². The molecule has 0 unspecified atom stereocenters. The Morgan fingerprint density at radius 1 is 1.21 bits per heavy atom. The maximum atomic E-state index is 12.0. The first-order chi connectivity index (χ1) is 11.5. The van der Waals surface area contributed by atoms with Crippen LogP contribution < -0.4 is 15.4 Å². The molecule has 0 atom stereocenters. The number of nitrogens with zero attached hydrogens (tertiary/aromatic N) is 4. The third-order valence-corrected chi connectivity index (χ3v) is 3.87. The zero-order chi connectivity index (χ0) is 17.1. The number of thiazole rings is 1.